The number of fused-ring (bicyclic) bond motifs is 4. The highest BCUT2D eigenvalue weighted by atomic mass is 16.3. The van der Waals surface area contributed by atoms with E-state index in [1.165, 1.54) is 11.1 Å². The van der Waals surface area contributed by atoms with Crippen LogP contribution in [0.5, 0.6) is 0 Å². The third-order valence-corrected chi connectivity index (χ3v) is 3.51. The molecule has 2 aliphatic rings. The Morgan fingerprint density at radius 3 is 2.75 bits per heavy atom. The van der Waals surface area contributed by atoms with Crippen molar-refractivity contribution in [1.29, 1.82) is 0 Å². The van der Waals surface area contributed by atoms with Crippen molar-refractivity contribution >= 4 is 5.57 Å². The predicted molar refractivity (Wildman–Crippen MR) is 66.0 cm³/mol. The standard InChI is InChI=1S/C15H14O/c1-15(16)12-7-3-5-9-14(15)13-8-4-2-6-11(13)10-12/h2-9,16H,10H2,1H3/t15-/m0/s1. The van der Waals surface area contributed by atoms with Crippen LogP contribution in [-0.2, 0) is 6.42 Å². The SMILES string of the molecule is C[C@]1(O)C2=CC=CC=C1c1ccccc1C2. The molecular formula is C15H14O. The second-order valence-electron chi connectivity index (χ2n) is 4.56. The van der Waals surface area contributed by atoms with Gasteiger partial charge in [-0.1, -0.05) is 48.6 Å². The Kier molecular flexibility index (Phi) is 1.92. The number of allylic oxidation sites excluding steroid dienone is 4. The minimum atomic E-state index is -0.822. The number of hydrogen-bond donors (Lipinski definition) is 1. The summed E-state index contributed by atoms with van der Waals surface area (Å²) in [6.07, 6.45) is 8.88. The lowest BCUT2D eigenvalue weighted by Crippen LogP contribution is -2.33. The molecule has 0 amide bonds. The van der Waals surface area contributed by atoms with Crippen LogP contribution in [0.25, 0.3) is 5.57 Å². The van der Waals surface area contributed by atoms with Crippen molar-refractivity contribution in [1.82, 2.24) is 0 Å². The summed E-state index contributed by atoms with van der Waals surface area (Å²) < 4.78 is 0. The van der Waals surface area contributed by atoms with Crippen LogP contribution < -0.4 is 0 Å². The maximum absolute atomic E-state index is 10.6. The van der Waals surface area contributed by atoms with E-state index >= 15 is 0 Å². The second-order valence-corrected chi connectivity index (χ2v) is 4.56. The molecule has 1 nitrogen and oxygen atoms in total. The maximum atomic E-state index is 10.6. The number of hydrogen-bond acceptors (Lipinski definition) is 1. The zero-order valence-corrected chi connectivity index (χ0v) is 9.27. The Hall–Kier alpha value is -1.60. The van der Waals surface area contributed by atoms with Gasteiger partial charge in [-0.25, -0.2) is 0 Å². The molecule has 0 aromatic heterocycles. The van der Waals surface area contributed by atoms with Crippen molar-refractivity contribution in [2.24, 2.45) is 0 Å². The van der Waals surface area contributed by atoms with Gasteiger partial charge in [0.1, 0.15) is 5.60 Å². The van der Waals surface area contributed by atoms with Gasteiger partial charge in [0.15, 0.2) is 0 Å². The Balaban J connectivity index is 2.32. The average Bonchev–Trinajstić information content (AvgIpc) is 2.36. The summed E-state index contributed by atoms with van der Waals surface area (Å²) in [6.45, 7) is 1.88. The van der Waals surface area contributed by atoms with E-state index in [0.717, 1.165) is 17.6 Å². The van der Waals surface area contributed by atoms with Crippen molar-refractivity contribution in [3.8, 4) is 0 Å². The van der Waals surface area contributed by atoms with Gasteiger partial charge in [0.2, 0.25) is 0 Å². The minimum Gasteiger partial charge on any atom is -0.381 e. The first kappa shape index (κ1) is 9.61. The van der Waals surface area contributed by atoms with Gasteiger partial charge in [-0.15, -0.1) is 0 Å². The van der Waals surface area contributed by atoms with E-state index in [2.05, 4.69) is 18.2 Å². The van der Waals surface area contributed by atoms with Crippen molar-refractivity contribution in [3.05, 3.63) is 65.3 Å². The Labute approximate surface area is 95.4 Å². The van der Waals surface area contributed by atoms with Crippen LogP contribution in [-0.4, -0.2) is 10.7 Å². The molecule has 2 bridgehead atoms. The molecule has 1 aromatic carbocycles. The summed E-state index contributed by atoms with van der Waals surface area (Å²) in [5.41, 5.74) is 3.74. The van der Waals surface area contributed by atoms with E-state index in [1.807, 2.05) is 37.3 Å². The largest absolute Gasteiger partial charge is 0.381 e. The molecule has 1 atom stereocenters. The molecule has 1 aromatic rings. The van der Waals surface area contributed by atoms with Crippen LogP contribution in [0.15, 0.2) is 54.1 Å². The van der Waals surface area contributed by atoms with Gasteiger partial charge in [0, 0.05) is 0 Å². The molecule has 0 heterocycles. The zero-order valence-electron chi connectivity index (χ0n) is 9.27. The quantitative estimate of drug-likeness (QED) is 0.698. The first-order valence-corrected chi connectivity index (χ1v) is 5.59. The van der Waals surface area contributed by atoms with Gasteiger partial charge < -0.3 is 5.11 Å². The monoisotopic (exact) mass is 210 g/mol. The van der Waals surface area contributed by atoms with E-state index in [4.69, 9.17) is 0 Å². The summed E-state index contributed by atoms with van der Waals surface area (Å²) in [5, 5.41) is 10.6. The number of rotatable bonds is 0. The van der Waals surface area contributed by atoms with Crippen LogP contribution in [0.3, 0.4) is 0 Å². The topological polar surface area (TPSA) is 20.2 Å². The van der Waals surface area contributed by atoms with Crippen molar-refractivity contribution in [2.45, 2.75) is 18.9 Å². The normalized spacial score (nSPS) is 26.6. The summed E-state index contributed by atoms with van der Waals surface area (Å²) in [6, 6.07) is 8.31. The highest BCUT2D eigenvalue weighted by Gasteiger charge is 2.36. The summed E-state index contributed by atoms with van der Waals surface area (Å²) in [4.78, 5) is 0. The third-order valence-electron chi connectivity index (χ3n) is 3.51. The summed E-state index contributed by atoms with van der Waals surface area (Å²) >= 11 is 0. The van der Waals surface area contributed by atoms with Crippen LogP contribution in [0.4, 0.5) is 0 Å². The lowest BCUT2D eigenvalue weighted by molar-refractivity contribution is 0.156. The van der Waals surface area contributed by atoms with Crippen LogP contribution in [0.2, 0.25) is 0 Å². The molecule has 0 fully saturated rings. The van der Waals surface area contributed by atoms with Crippen LogP contribution >= 0.6 is 0 Å². The van der Waals surface area contributed by atoms with Crippen LogP contribution in [0.1, 0.15) is 18.1 Å². The van der Waals surface area contributed by atoms with E-state index in [9.17, 15) is 5.11 Å². The van der Waals surface area contributed by atoms with Gasteiger partial charge in [-0.2, -0.15) is 0 Å². The molecule has 1 heteroatoms. The summed E-state index contributed by atoms with van der Waals surface area (Å²) in [5.74, 6) is 0. The smallest absolute Gasteiger partial charge is 0.109 e. The third kappa shape index (κ3) is 1.22. The molecule has 0 saturated heterocycles. The minimum absolute atomic E-state index is 0.822. The molecule has 0 radical (unpaired) electrons. The molecular weight excluding hydrogens is 196 g/mol. The van der Waals surface area contributed by atoms with E-state index in [0.29, 0.717) is 0 Å². The molecule has 0 aliphatic heterocycles. The predicted octanol–water partition coefficient (Wildman–Crippen LogP) is 2.87. The number of benzene rings is 1. The van der Waals surface area contributed by atoms with E-state index in [1.54, 1.807) is 0 Å². The fraction of sp³-hybridized carbons (Fsp3) is 0.200. The molecule has 0 unspecified atom stereocenters. The van der Waals surface area contributed by atoms with Gasteiger partial charge >= 0.3 is 0 Å². The Bertz CT molecular complexity index is 530. The average molecular weight is 210 g/mol. The van der Waals surface area contributed by atoms with Crippen molar-refractivity contribution < 1.29 is 5.11 Å². The molecule has 0 spiro atoms. The van der Waals surface area contributed by atoms with E-state index in [-0.39, 0.29) is 0 Å². The molecule has 1 N–H and O–H groups in total. The van der Waals surface area contributed by atoms with Crippen molar-refractivity contribution in [2.75, 3.05) is 0 Å². The molecule has 2 aliphatic carbocycles. The fourth-order valence-corrected chi connectivity index (χ4v) is 2.55. The van der Waals surface area contributed by atoms with Gasteiger partial charge in [-0.05, 0) is 35.6 Å². The highest BCUT2D eigenvalue weighted by Crippen LogP contribution is 2.42. The van der Waals surface area contributed by atoms with Crippen LogP contribution in [0, 0.1) is 0 Å². The zero-order chi connectivity index (χ0) is 11.2. The van der Waals surface area contributed by atoms with Crippen molar-refractivity contribution in [3.63, 3.8) is 0 Å². The molecule has 3 rings (SSSR count). The highest BCUT2D eigenvalue weighted by molar-refractivity contribution is 5.81. The first-order chi connectivity index (χ1) is 7.69. The maximum Gasteiger partial charge on any atom is 0.109 e. The fourth-order valence-electron chi connectivity index (χ4n) is 2.55. The number of aliphatic hydroxyl groups is 1. The van der Waals surface area contributed by atoms with Gasteiger partial charge in [0.05, 0.1) is 0 Å². The van der Waals surface area contributed by atoms with Gasteiger partial charge in [-0.3, -0.25) is 0 Å². The Morgan fingerprint density at radius 2 is 1.88 bits per heavy atom. The molecule has 80 valence electrons. The lowest BCUT2D eigenvalue weighted by Gasteiger charge is -2.35. The Morgan fingerprint density at radius 1 is 1.12 bits per heavy atom. The lowest BCUT2D eigenvalue weighted by atomic mass is 9.74. The van der Waals surface area contributed by atoms with E-state index < -0.39 is 5.60 Å². The second kappa shape index (κ2) is 3.19. The summed E-state index contributed by atoms with van der Waals surface area (Å²) in [7, 11) is 0. The van der Waals surface area contributed by atoms with Gasteiger partial charge in [0.25, 0.3) is 0 Å². The molecule has 16 heavy (non-hydrogen) atoms. The first-order valence-electron chi connectivity index (χ1n) is 5.59. The molecule has 0 saturated carbocycles.